The first kappa shape index (κ1) is 12.6. The summed E-state index contributed by atoms with van der Waals surface area (Å²) in [5.41, 5.74) is 0.620. The molecular weight excluding hydrogens is 224 g/mol. The summed E-state index contributed by atoms with van der Waals surface area (Å²) >= 11 is 0. The highest BCUT2D eigenvalue weighted by Gasteiger charge is 2.20. The second-order valence-electron chi connectivity index (χ2n) is 3.20. The van der Waals surface area contributed by atoms with E-state index in [9.17, 15) is 9.59 Å². The molecule has 7 heteroatoms. The number of carboxylic acid groups (broad SMARTS) is 1. The zero-order chi connectivity index (χ0) is 12.7. The van der Waals surface area contributed by atoms with Crippen molar-refractivity contribution in [2.24, 2.45) is 0 Å². The maximum atomic E-state index is 11.2. The van der Waals surface area contributed by atoms with Crippen LogP contribution in [0.25, 0.3) is 0 Å². The van der Waals surface area contributed by atoms with Crippen molar-refractivity contribution in [2.75, 3.05) is 6.54 Å². The van der Waals surface area contributed by atoms with Crippen molar-refractivity contribution >= 4 is 12.0 Å². The van der Waals surface area contributed by atoms with Crippen LogP contribution < -0.4 is 10.6 Å². The van der Waals surface area contributed by atoms with E-state index in [0.29, 0.717) is 5.69 Å². The molecule has 0 aromatic carbocycles. The van der Waals surface area contributed by atoms with E-state index in [2.05, 4.69) is 26.5 Å². The number of nitrogens with zero attached hydrogens (tertiary/aromatic N) is 1. The molecule has 1 aromatic rings. The molecule has 90 valence electrons. The Hall–Kier alpha value is -2.49. The van der Waals surface area contributed by atoms with Crippen molar-refractivity contribution < 1.29 is 14.7 Å². The molecule has 0 aliphatic rings. The van der Waals surface area contributed by atoms with Crippen molar-refractivity contribution in [3.05, 3.63) is 18.2 Å². The average molecular weight is 236 g/mol. The van der Waals surface area contributed by atoms with Crippen LogP contribution in [0.3, 0.4) is 0 Å². The average Bonchev–Trinajstić information content (AvgIpc) is 2.78. The molecule has 0 radical (unpaired) electrons. The van der Waals surface area contributed by atoms with E-state index in [1.807, 2.05) is 0 Å². The number of aliphatic carboxylic acids is 1. The van der Waals surface area contributed by atoms with Crippen LogP contribution in [-0.4, -0.2) is 39.7 Å². The lowest BCUT2D eigenvalue weighted by Gasteiger charge is -2.13. The number of carboxylic acids is 1. The molecule has 17 heavy (non-hydrogen) atoms. The minimum Gasteiger partial charge on any atom is -0.480 e. The Morgan fingerprint density at radius 2 is 2.41 bits per heavy atom. The van der Waals surface area contributed by atoms with Crippen molar-refractivity contribution in [1.82, 2.24) is 20.6 Å². The quantitative estimate of drug-likeness (QED) is 0.509. The van der Waals surface area contributed by atoms with Gasteiger partial charge in [0.2, 0.25) is 0 Å². The third-order valence-corrected chi connectivity index (χ3v) is 1.93. The number of rotatable bonds is 5. The number of hydrogen-bond acceptors (Lipinski definition) is 3. The van der Waals surface area contributed by atoms with Crippen molar-refractivity contribution in [1.29, 1.82) is 0 Å². The number of imidazole rings is 1. The summed E-state index contributed by atoms with van der Waals surface area (Å²) in [4.78, 5) is 28.7. The zero-order valence-corrected chi connectivity index (χ0v) is 8.93. The predicted octanol–water partition coefficient (Wildman–Crippen LogP) is -0.662. The van der Waals surface area contributed by atoms with Crippen LogP contribution in [0.15, 0.2) is 12.5 Å². The van der Waals surface area contributed by atoms with Gasteiger partial charge in [-0.25, -0.2) is 14.6 Å². The van der Waals surface area contributed by atoms with E-state index in [4.69, 9.17) is 11.5 Å². The van der Waals surface area contributed by atoms with Crippen LogP contribution in [0, 0.1) is 12.3 Å². The van der Waals surface area contributed by atoms with Gasteiger partial charge in [0.05, 0.1) is 12.9 Å². The van der Waals surface area contributed by atoms with Crippen molar-refractivity contribution in [2.45, 2.75) is 12.5 Å². The van der Waals surface area contributed by atoms with Crippen LogP contribution in [0.5, 0.6) is 0 Å². The number of urea groups is 1. The molecule has 0 spiro atoms. The third kappa shape index (κ3) is 4.25. The lowest BCUT2D eigenvalue weighted by atomic mass is 10.2. The zero-order valence-electron chi connectivity index (χ0n) is 8.93. The van der Waals surface area contributed by atoms with Crippen LogP contribution in [-0.2, 0) is 11.2 Å². The molecule has 1 aromatic heterocycles. The molecule has 1 atom stereocenters. The second-order valence-corrected chi connectivity index (χ2v) is 3.20. The van der Waals surface area contributed by atoms with E-state index in [-0.39, 0.29) is 13.0 Å². The number of terminal acetylenes is 1. The summed E-state index contributed by atoms with van der Waals surface area (Å²) in [7, 11) is 0. The molecule has 4 N–H and O–H groups in total. The van der Waals surface area contributed by atoms with Gasteiger partial charge in [-0.1, -0.05) is 5.92 Å². The third-order valence-electron chi connectivity index (χ3n) is 1.93. The second kappa shape index (κ2) is 6.17. The largest absolute Gasteiger partial charge is 0.480 e. The van der Waals surface area contributed by atoms with Gasteiger partial charge in [-0.3, -0.25) is 0 Å². The summed E-state index contributed by atoms with van der Waals surface area (Å²) in [5.74, 6) is 1.08. The standard InChI is InChI=1S/C10H12N4O3/c1-2-3-12-10(17)14-8(9(15)16)4-7-5-11-6-13-7/h1,5-6,8H,3-4H2,(H,11,13)(H,15,16)(H2,12,14,17)/t8-/m1/s1. The highest BCUT2D eigenvalue weighted by molar-refractivity contribution is 5.82. The van der Waals surface area contributed by atoms with Crippen LogP contribution in [0.4, 0.5) is 4.79 Å². The number of aromatic nitrogens is 2. The van der Waals surface area contributed by atoms with Crippen LogP contribution in [0.2, 0.25) is 0 Å². The normalized spacial score (nSPS) is 11.2. The van der Waals surface area contributed by atoms with Gasteiger partial charge in [0.25, 0.3) is 0 Å². The molecule has 0 unspecified atom stereocenters. The van der Waals surface area contributed by atoms with Gasteiger partial charge >= 0.3 is 12.0 Å². The van der Waals surface area contributed by atoms with E-state index in [1.54, 1.807) is 0 Å². The van der Waals surface area contributed by atoms with E-state index in [1.165, 1.54) is 12.5 Å². The molecule has 2 amide bonds. The molecule has 0 fully saturated rings. The first-order valence-corrected chi connectivity index (χ1v) is 4.81. The maximum absolute atomic E-state index is 11.2. The SMILES string of the molecule is C#CCNC(=O)N[C@H](Cc1cnc[nH]1)C(=O)O. The highest BCUT2D eigenvalue weighted by atomic mass is 16.4. The Kier molecular flexibility index (Phi) is 4.57. The number of hydrogen-bond donors (Lipinski definition) is 4. The Bertz CT molecular complexity index is 421. The van der Waals surface area contributed by atoms with Gasteiger partial charge in [0.1, 0.15) is 6.04 Å². The maximum Gasteiger partial charge on any atom is 0.326 e. The predicted molar refractivity (Wildman–Crippen MR) is 59.1 cm³/mol. The van der Waals surface area contributed by atoms with Gasteiger partial charge in [-0.2, -0.15) is 0 Å². The molecule has 1 rings (SSSR count). The van der Waals surface area contributed by atoms with Crippen molar-refractivity contribution in [3.63, 3.8) is 0 Å². The van der Waals surface area contributed by atoms with Gasteiger partial charge in [0, 0.05) is 18.3 Å². The summed E-state index contributed by atoms with van der Waals surface area (Å²) in [5, 5.41) is 13.5. The lowest BCUT2D eigenvalue weighted by Crippen LogP contribution is -2.47. The first-order valence-electron chi connectivity index (χ1n) is 4.81. The fourth-order valence-corrected chi connectivity index (χ4v) is 1.16. The van der Waals surface area contributed by atoms with Gasteiger partial charge in [0.15, 0.2) is 0 Å². The van der Waals surface area contributed by atoms with Gasteiger partial charge in [-0.15, -0.1) is 6.42 Å². The lowest BCUT2D eigenvalue weighted by molar-refractivity contribution is -0.139. The Balaban J connectivity index is 2.52. The summed E-state index contributed by atoms with van der Waals surface area (Å²) in [6, 6.07) is -1.65. The van der Waals surface area contributed by atoms with Gasteiger partial charge in [-0.05, 0) is 0 Å². The molecule has 7 nitrogen and oxygen atoms in total. The van der Waals surface area contributed by atoms with E-state index >= 15 is 0 Å². The molecule has 1 heterocycles. The summed E-state index contributed by atoms with van der Waals surface area (Å²) < 4.78 is 0. The van der Waals surface area contributed by atoms with Crippen molar-refractivity contribution in [3.8, 4) is 12.3 Å². The van der Waals surface area contributed by atoms with E-state index in [0.717, 1.165) is 0 Å². The number of amides is 2. The fraction of sp³-hybridized carbons (Fsp3) is 0.300. The molecule has 0 saturated carbocycles. The number of carbonyl (C=O) groups is 2. The number of H-pyrrole nitrogens is 1. The number of nitrogens with one attached hydrogen (secondary N) is 3. The summed E-state index contributed by atoms with van der Waals surface area (Å²) in [6.45, 7) is 0.0439. The molecule has 0 saturated heterocycles. The number of aromatic amines is 1. The fourth-order valence-electron chi connectivity index (χ4n) is 1.16. The molecule has 0 aliphatic heterocycles. The van der Waals surface area contributed by atoms with Crippen LogP contribution in [0.1, 0.15) is 5.69 Å². The molecule has 0 aliphatic carbocycles. The minimum atomic E-state index is -1.13. The monoisotopic (exact) mass is 236 g/mol. The summed E-state index contributed by atoms with van der Waals surface area (Å²) in [6.07, 6.45) is 8.01. The molecule has 0 bridgehead atoms. The first-order chi connectivity index (χ1) is 8.13. The Morgan fingerprint density at radius 3 is 2.94 bits per heavy atom. The Labute approximate surface area is 97.6 Å². The molecular formula is C10H12N4O3. The van der Waals surface area contributed by atoms with E-state index < -0.39 is 18.0 Å². The smallest absolute Gasteiger partial charge is 0.326 e. The number of carbonyl (C=O) groups excluding carboxylic acids is 1. The van der Waals surface area contributed by atoms with Gasteiger partial charge < -0.3 is 20.7 Å². The topological polar surface area (TPSA) is 107 Å². The minimum absolute atomic E-state index is 0.0439. The van der Waals surface area contributed by atoms with Crippen LogP contribution >= 0.6 is 0 Å². The Morgan fingerprint density at radius 1 is 1.65 bits per heavy atom. The highest BCUT2D eigenvalue weighted by Crippen LogP contribution is 1.98.